The third-order valence-corrected chi connectivity index (χ3v) is 3.24. The molecule has 0 spiro atoms. The Balaban J connectivity index is 1.48. The van der Waals surface area contributed by atoms with Gasteiger partial charge in [-0.15, -0.1) is 5.10 Å². The number of amides is 2. The quantitative estimate of drug-likeness (QED) is 0.665. The maximum absolute atomic E-state index is 12.0. The number of furan rings is 1. The number of aryl methyl sites for hydroxylation is 1. The molecule has 24 heavy (non-hydrogen) atoms. The van der Waals surface area contributed by atoms with E-state index in [0.717, 1.165) is 11.4 Å². The number of hydrazine groups is 1. The molecule has 2 heterocycles. The molecule has 0 bridgehead atoms. The van der Waals surface area contributed by atoms with E-state index < -0.39 is 5.91 Å². The molecule has 0 radical (unpaired) electrons. The zero-order valence-electron chi connectivity index (χ0n) is 12.5. The molecule has 1 aromatic carbocycles. The summed E-state index contributed by atoms with van der Waals surface area (Å²) in [6, 6.07) is 10.2. The first-order chi connectivity index (χ1) is 11.7. The van der Waals surface area contributed by atoms with Crippen LogP contribution in [0.1, 0.15) is 22.5 Å². The number of hydrogen-bond donors (Lipinski definition) is 2. The third-order valence-electron chi connectivity index (χ3n) is 3.24. The van der Waals surface area contributed by atoms with Crippen molar-refractivity contribution in [3.05, 3.63) is 60.3 Å². The smallest absolute Gasteiger partial charge is 0.269 e. The van der Waals surface area contributed by atoms with Gasteiger partial charge in [-0.3, -0.25) is 20.4 Å². The number of benzene rings is 1. The third kappa shape index (κ3) is 3.83. The number of hydrogen-bond acceptors (Lipinski definition) is 6. The number of aromatic nitrogens is 4. The molecule has 0 saturated heterocycles. The molecule has 2 N–H and O–H groups in total. The van der Waals surface area contributed by atoms with Gasteiger partial charge in [-0.2, -0.15) is 0 Å². The highest BCUT2D eigenvalue weighted by molar-refractivity contribution is 5.95. The van der Waals surface area contributed by atoms with Crippen LogP contribution < -0.4 is 10.9 Å². The lowest BCUT2D eigenvalue weighted by Gasteiger charge is -2.07. The van der Waals surface area contributed by atoms with Gasteiger partial charge in [0.05, 0.1) is 12.0 Å². The second-order valence-electron chi connectivity index (χ2n) is 4.88. The monoisotopic (exact) mass is 326 g/mol. The van der Waals surface area contributed by atoms with Gasteiger partial charge in [0.1, 0.15) is 12.1 Å². The van der Waals surface area contributed by atoms with Crippen molar-refractivity contribution < 1.29 is 14.0 Å². The van der Waals surface area contributed by atoms with Gasteiger partial charge in [-0.1, -0.05) is 0 Å². The Kier molecular flexibility index (Phi) is 4.61. The van der Waals surface area contributed by atoms with Crippen LogP contribution in [-0.2, 0) is 11.2 Å². The summed E-state index contributed by atoms with van der Waals surface area (Å²) in [7, 11) is 0. The molecule has 0 aliphatic rings. The molecule has 9 nitrogen and oxygen atoms in total. The predicted octanol–water partition coefficient (Wildman–Crippen LogP) is 0.649. The van der Waals surface area contributed by atoms with E-state index in [9.17, 15) is 9.59 Å². The maximum atomic E-state index is 12.0. The first kappa shape index (κ1) is 15.4. The van der Waals surface area contributed by atoms with E-state index in [1.54, 1.807) is 42.7 Å². The van der Waals surface area contributed by atoms with Crippen LogP contribution in [0.15, 0.2) is 53.4 Å². The lowest BCUT2D eigenvalue weighted by atomic mass is 10.2. The molecule has 0 saturated carbocycles. The van der Waals surface area contributed by atoms with Crippen molar-refractivity contribution in [2.24, 2.45) is 0 Å². The van der Waals surface area contributed by atoms with Gasteiger partial charge < -0.3 is 4.42 Å². The number of carbonyl (C=O) groups excluding carboxylic acids is 2. The topological polar surface area (TPSA) is 115 Å². The van der Waals surface area contributed by atoms with Crippen LogP contribution in [0.5, 0.6) is 0 Å². The highest BCUT2D eigenvalue weighted by Crippen LogP contribution is 2.07. The molecule has 122 valence electrons. The fraction of sp³-hybridized carbons (Fsp3) is 0.133. The van der Waals surface area contributed by atoms with E-state index in [4.69, 9.17) is 4.42 Å². The fourth-order valence-electron chi connectivity index (χ4n) is 2.00. The summed E-state index contributed by atoms with van der Waals surface area (Å²) in [6.07, 6.45) is 3.68. The average molecular weight is 326 g/mol. The van der Waals surface area contributed by atoms with Crippen molar-refractivity contribution in [1.82, 2.24) is 31.1 Å². The highest BCUT2D eigenvalue weighted by Gasteiger charge is 2.09. The molecule has 0 unspecified atom stereocenters. The summed E-state index contributed by atoms with van der Waals surface area (Å²) in [6.45, 7) is 0. The summed E-state index contributed by atoms with van der Waals surface area (Å²) < 4.78 is 6.61. The molecule has 2 aromatic heterocycles. The first-order valence-electron chi connectivity index (χ1n) is 7.17. The van der Waals surface area contributed by atoms with Crippen molar-refractivity contribution in [2.75, 3.05) is 0 Å². The number of carbonyl (C=O) groups is 2. The van der Waals surface area contributed by atoms with E-state index >= 15 is 0 Å². The summed E-state index contributed by atoms with van der Waals surface area (Å²) in [5.74, 6) is 0.00402. The molecule has 3 rings (SSSR count). The largest absolute Gasteiger partial charge is 0.469 e. The van der Waals surface area contributed by atoms with Crippen molar-refractivity contribution >= 4 is 11.8 Å². The van der Waals surface area contributed by atoms with Crippen LogP contribution in [0.25, 0.3) is 5.69 Å². The standard InChI is InChI=1S/C15H14N6O3/c22-14(8-7-13-2-1-9-24-13)17-18-15(23)11-3-5-12(6-4-11)21-10-16-19-20-21/h1-6,9-10H,7-8H2,(H,17,22)(H,18,23). The van der Waals surface area contributed by atoms with E-state index in [2.05, 4.69) is 26.4 Å². The Labute approximate surface area is 136 Å². The summed E-state index contributed by atoms with van der Waals surface area (Å²) in [4.78, 5) is 23.7. The van der Waals surface area contributed by atoms with Crippen LogP contribution in [-0.4, -0.2) is 32.0 Å². The minimum absolute atomic E-state index is 0.214. The molecule has 0 atom stereocenters. The minimum Gasteiger partial charge on any atom is -0.469 e. The van der Waals surface area contributed by atoms with Gasteiger partial charge in [-0.05, 0) is 46.8 Å². The zero-order valence-corrected chi connectivity index (χ0v) is 12.5. The zero-order chi connectivity index (χ0) is 16.8. The van der Waals surface area contributed by atoms with E-state index in [-0.39, 0.29) is 12.3 Å². The van der Waals surface area contributed by atoms with Crippen LogP contribution in [0.2, 0.25) is 0 Å². The molecular weight excluding hydrogens is 312 g/mol. The van der Waals surface area contributed by atoms with Crippen LogP contribution in [0.3, 0.4) is 0 Å². The summed E-state index contributed by atoms with van der Waals surface area (Å²) in [5, 5.41) is 10.8. The highest BCUT2D eigenvalue weighted by atomic mass is 16.3. The molecule has 0 aliphatic heterocycles. The fourth-order valence-corrected chi connectivity index (χ4v) is 2.00. The predicted molar refractivity (Wildman–Crippen MR) is 81.8 cm³/mol. The molecule has 0 aliphatic carbocycles. The van der Waals surface area contributed by atoms with Crippen LogP contribution in [0, 0.1) is 0 Å². The van der Waals surface area contributed by atoms with Crippen LogP contribution >= 0.6 is 0 Å². The number of nitrogens with one attached hydrogen (secondary N) is 2. The van der Waals surface area contributed by atoms with Gasteiger partial charge in [-0.25, -0.2) is 4.68 Å². The second kappa shape index (κ2) is 7.18. The summed E-state index contributed by atoms with van der Waals surface area (Å²) in [5.41, 5.74) is 5.86. The lowest BCUT2D eigenvalue weighted by molar-refractivity contribution is -0.121. The van der Waals surface area contributed by atoms with Crippen molar-refractivity contribution in [1.29, 1.82) is 0 Å². The average Bonchev–Trinajstić information content (AvgIpc) is 3.31. The van der Waals surface area contributed by atoms with Crippen molar-refractivity contribution in [2.45, 2.75) is 12.8 Å². The molecular formula is C15H14N6O3. The van der Waals surface area contributed by atoms with E-state index in [1.165, 1.54) is 11.0 Å². The molecule has 0 fully saturated rings. The lowest BCUT2D eigenvalue weighted by Crippen LogP contribution is -2.41. The van der Waals surface area contributed by atoms with E-state index in [1.807, 2.05) is 0 Å². The number of nitrogens with zero attached hydrogens (tertiary/aromatic N) is 4. The van der Waals surface area contributed by atoms with Crippen molar-refractivity contribution in [3.8, 4) is 5.69 Å². The normalized spacial score (nSPS) is 10.3. The Morgan fingerprint density at radius 3 is 2.62 bits per heavy atom. The van der Waals surface area contributed by atoms with E-state index in [0.29, 0.717) is 12.0 Å². The first-order valence-corrected chi connectivity index (χ1v) is 7.17. The molecule has 3 aromatic rings. The van der Waals surface area contributed by atoms with Gasteiger partial charge in [0, 0.05) is 18.4 Å². The van der Waals surface area contributed by atoms with Gasteiger partial charge in [0.25, 0.3) is 5.91 Å². The van der Waals surface area contributed by atoms with Gasteiger partial charge in [0.15, 0.2) is 0 Å². The Hall–Kier alpha value is -3.49. The van der Waals surface area contributed by atoms with Gasteiger partial charge in [0.2, 0.25) is 5.91 Å². The molecule has 9 heteroatoms. The molecule has 2 amide bonds. The number of rotatable bonds is 5. The van der Waals surface area contributed by atoms with Crippen molar-refractivity contribution in [3.63, 3.8) is 0 Å². The Morgan fingerprint density at radius 1 is 1.12 bits per heavy atom. The Bertz CT molecular complexity index is 796. The Morgan fingerprint density at radius 2 is 1.96 bits per heavy atom. The minimum atomic E-state index is -0.412. The second-order valence-corrected chi connectivity index (χ2v) is 4.88. The maximum Gasteiger partial charge on any atom is 0.269 e. The SMILES string of the molecule is O=C(CCc1ccco1)NNC(=O)c1ccc(-n2cnnn2)cc1. The number of tetrazole rings is 1. The van der Waals surface area contributed by atoms with Crippen LogP contribution in [0.4, 0.5) is 0 Å². The summed E-state index contributed by atoms with van der Waals surface area (Å²) >= 11 is 0. The van der Waals surface area contributed by atoms with Gasteiger partial charge >= 0.3 is 0 Å².